The average Bonchev–Trinajstić information content (AvgIpc) is 2.82. The van der Waals surface area contributed by atoms with Crippen molar-refractivity contribution in [2.75, 3.05) is 6.61 Å². The number of hydrogen-bond acceptors (Lipinski definition) is 1. The third-order valence-electron chi connectivity index (χ3n) is 6.96. The Hall–Kier alpha value is -2.04. The van der Waals surface area contributed by atoms with E-state index in [-0.39, 0.29) is 29.4 Å². The predicted octanol–water partition coefficient (Wildman–Crippen LogP) is 9.33. The Morgan fingerprint density at radius 3 is 1.97 bits per heavy atom. The molecule has 5 heteroatoms. The van der Waals surface area contributed by atoms with Crippen molar-refractivity contribution in [1.82, 2.24) is 0 Å². The van der Waals surface area contributed by atoms with Crippen molar-refractivity contribution >= 4 is 0 Å². The number of hydrogen-bond donors (Lipinski definition) is 0. The van der Waals surface area contributed by atoms with Crippen molar-refractivity contribution in [3.63, 3.8) is 0 Å². The zero-order valence-corrected chi connectivity index (χ0v) is 19.9. The second-order valence-corrected chi connectivity index (χ2v) is 9.34. The molecule has 0 unspecified atom stereocenters. The van der Waals surface area contributed by atoms with E-state index in [2.05, 4.69) is 6.92 Å². The first-order valence-corrected chi connectivity index (χ1v) is 12.6. The van der Waals surface area contributed by atoms with Crippen LogP contribution in [0, 0.1) is 29.2 Å². The zero-order chi connectivity index (χ0) is 23.8. The van der Waals surface area contributed by atoms with Crippen LogP contribution in [0.2, 0.25) is 0 Å². The van der Waals surface area contributed by atoms with Gasteiger partial charge in [-0.3, -0.25) is 0 Å². The van der Waals surface area contributed by atoms with Crippen LogP contribution >= 0.6 is 0 Å². The SMILES string of the molecule is CCCCCOc1ccc(-c2ccc(C3CCC(CCCCC)CC3)c(F)c2F)c(F)c1F. The average molecular weight is 465 g/mol. The summed E-state index contributed by atoms with van der Waals surface area (Å²) in [6.45, 7) is 4.50. The summed E-state index contributed by atoms with van der Waals surface area (Å²) in [6.07, 6.45) is 11.2. The van der Waals surface area contributed by atoms with Crippen LogP contribution in [-0.4, -0.2) is 6.61 Å². The summed E-state index contributed by atoms with van der Waals surface area (Å²) in [6, 6.07) is 5.46. The second kappa shape index (κ2) is 12.4. The van der Waals surface area contributed by atoms with Gasteiger partial charge in [0.1, 0.15) is 0 Å². The molecule has 0 aliphatic heterocycles. The molecule has 0 amide bonds. The highest BCUT2D eigenvalue weighted by molar-refractivity contribution is 5.66. The molecule has 0 N–H and O–H groups in total. The summed E-state index contributed by atoms with van der Waals surface area (Å²) in [5.41, 5.74) is -0.213. The Morgan fingerprint density at radius 1 is 0.697 bits per heavy atom. The first-order chi connectivity index (χ1) is 16.0. The van der Waals surface area contributed by atoms with Crippen molar-refractivity contribution in [3.05, 3.63) is 53.1 Å². The van der Waals surface area contributed by atoms with Crippen LogP contribution in [-0.2, 0) is 0 Å². The van der Waals surface area contributed by atoms with Crippen molar-refractivity contribution in [3.8, 4) is 16.9 Å². The number of unbranched alkanes of at least 4 members (excludes halogenated alkanes) is 4. The summed E-state index contributed by atoms with van der Waals surface area (Å²) < 4.78 is 64.5. The topological polar surface area (TPSA) is 9.23 Å². The van der Waals surface area contributed by atoms with Gasteiger partial charge in [-0.05, 0) is 61.6 Å². The standard InChI is InChI=1S/C28H36F4O/c1-3-5-7-9-19-10-12-20(13-11-19)21-14-15-22(26(30)25(21)29)23-16-17-24(28(32)27(23)31)33-18-8-6-4-2/h14-17,19-20H,3-13,18H2,1-2H3. The highest BCUT2D eigenvalue weighted by Crippen LogP contribution is 2.41. The van der Waals surface area contributed by atoms with E-state index in [4.69, 9.17) is 4.74 Å². The Bertz CT molecular complexity index is 903. The molecule has 1 nitrogen and oxygen atoms in total. The van der Waals surface area contributed by atoms with Crippen molar-refractivity contribution in [1.29, 1.82) is 0 Å². The van der Waals surface area contributed by atoms with E-state index in [1.54, 1.807) is 6.07 Å². The van der Waals surface area contributed by atoms with E-state index in [0.29, 0.717) is 11.5 Å². The maximum atomic E-state index is 15.0. The van der Waals surface area contributed by atoms with Gasteiger partial charge in [0.25, 0.3) is 0 Å². The quantitative estimate of drug-likeness (QED) is 0.238. The normalized spacial score (nSPS) is 18.5. The van der Waals surface area contributed by atoms with Gasteiger partial charge in [-0.1, -0.05) is 64.5 Å². The molecule has 0 aromatic heterocycles. The lowest BCUT2D eigenvalue weighted by atomic mass is 9.76. The first kappa shape index (κ1) is 25.6. The van der Waals surface area contributed by atoms with Crippen LogP contribution in [0.1, 0.15) is 96.0 Å². The van der Waals surface area contributed by atoms with Crippen LogP contribution in [0.15, 0.2) is 24.3 Å². The van der Waals surface area contributed by atoms with Gasteiger partial charge in [0.05, 0.1) is 6.61 Å². The summed E-state index contributed by atoms with van der Waals surface area (Å²) >= 11 is 0. The zero-order valence-electron chi connectivity index (χ0n) is 19.9. The lowest BCUT2D eigenvalue weighted by Crippen LogP contribution is -2.15. The van der Waals surface area contributed by atoms with Gasteiger partial charge in [-0.15, -0.1) is 0 Å². The third kappa shape index (κ3) is 6.30. The highest BCUT2D eigenvalue weighted by Gasteiger charge is 2.27. The first-order valence-electron chi connectivity index (χ1n) is 12.6. The van der Waals surface area contributed by atoms with E-state index in [1.165, 1.54) is 43.9 Å². The van der Waals surface area contributed by atoms with E-state index < -0.39 is 23.3 Å². The van der Waals surface area contributed by atoms with Gasteiger partial charge in [0.15, 0.2) is 23.2 Å². The van der Waals surface area contributed by atoms with E-state index >= 15 is 4.39 Å². The van der Waals surface area contributed by atoms with Crippen molar-refractivity contribution < 1.29 is 22.3 Å². The fourth-order valence-corrected chi connectivity index (χ4v) is 4.92. The van der Waals surface area contributed by atoms with Gasteiger partial charge >= 0.3 is 0 Å². The third-order valence-corrected chi connectivity index (χ3v) is 6.96. The molecule has 1 fully saturated rings. The second-order valence-electron chi connectivity index (χ2n) is 9.34. The van der Waals surface area contributed by atoms with E-state index in [0.717, 1.165) is 44.9 Å². The van der Waals surface area contributed by atoms with E-state index in [9.17, 15) is 13.2 Å². The van der Waals surface area contributed by atoms with Crippen LogP contribution in [0.25, 0.3) is 11.1 Å². The molecule has 2 aromatic rings. The van der Waals surface area contributed by atoms with Crippen LogP contribution in [0.4, 0.5) is 17.6 Å². The molecular formula is C28H36F4O. The minimum atomic E-state index is -1.22. The van der Waals surface area contributed by atoms with Gasteiger partial charge in [0, 0.05) is 11.1 Å². The van der Waals surface area contributed by atoms with Crippen LogP contribution < -0.4 is 4.74 Å². The van der Waals surface area contributed by atoms with Gasteiger partial charge in [-0.2, -0.15) is 4.39 Å². The molecule has 0 atom stereocenters. The molecule has 1 aliphatic rings. The fraction of sp³-hybridized carbons (Fsp3) is 0.571. The molecule has 0 heterocycles. The van der Waals surface area contributed by atoms with Crippen molar-refractivity contribution in [2.45, 2.75) is 90.4 Å². The smallest absolute Gasteiger partial charge is 0.201 e. The molecule has 1 aliphatic carbocycles. The molecule has 3 rings (SSSR count). The molecule has 182 valence electrons. The molecule has 2 aromatic carbocycles. The Kier molecular flexibility index (Phi) is 9.64. The minimum Gasteiger partial charge on any atom is -0.490 e. The summed E-state index contributed by atoms with van der Waals surface area (Å²) in [7, 11) is 0. The maximum absolute atomic E-state index is 15.0. The lowest BCUT2D eigenvalue weighted by molar-refractivity contribution is 0.286. The van der Waals surface area contributed by atoms with Crippen LogP contribution in [0.5, 0.6) is 5.75 Å². The Morgan fingerprint density at radius 2 is 1.30 bits per heavy atom. The Balaban J connectivity index is 1.72. The number of rotatable bonds is 11. The number of benzene rings is 2. The molecular weight excluding hydrogens is 428 g/mol. The largest absolute Gasteiger partial charge is 0.490 e. The minimum absolute atomic E-state index is 0.0311. The highest BCUT2D eigenvalue weighted by atomic mass is 19.2. The van der Waals surface area contributed by atoms with Crippen molar-refractivity contribution in [2.24, 2.45) is 5.92 Å². The molecule has 1 saturated carbocycles. The fourth-order valence-electron chi connectivity index (χ4n) is 4.92. The van der Waals surface area contributed by atoms with Gasteiger partial charge in [-0.25, -0.2) is 13.2 Å². The summed E-state index contributed by atoms with van der Waals surface area (Å²) in [4.78, 5) is 0. The maximum Gasteiger partial charge on any atom is 0.201 e. The summed E-state index contributed by atoms with van der Waals surface area (Å²) in [5.74, 6) is -4.03. The number of ether oxygens (including phenoxy) is 1. The summed E-state index contributed by atoms with van der Waals surface area (Å²) in [5, 5.41) is 0. The molecule has 0 bridgehead atoms. The number of halogens is 4. The molecule has 0 radical (unpaired) electrons. The van der Waals surface area contributed by atoms with E-state index in [1.807, 2.05) is 6.92 Å². The monoisotopic (exact) mass is 464 g/mol. The molecule has 0 saturated heterocycles. The predicted molar refractivity (Wildman–Crippen MR) is 126 cm³/mol. The van der Waals surface area contributed by atoms with Gasteiger partial charge in [0.2, 0.25) is 5.82 Å². The van der Waals surface area contributed by atoms with Gasteiger partial charge < -0.3 is 4.74 Å². The molecule has 0 spiro atoms. The Labute approximate surface area is 195 Å². The lowest BCUT2D eigenvalue weighted by Gasteiger charge is -2.29. The van der Waals surface area contributed by atoms with Crippen LogP contribution in [0.3, 0.4) is 0 Å². The molecule has 33 heavy (non-hydrogen) atoms.